The minimum Gasteiger partial charge on any atom is -0.465 e. The molecule has 2 aromatic rings. The summed E-state index contributed by atoms with van der Waals surface area (Å²) in [5.74, 6) is -1.65. The molecule has 2 unspecified atom stereocenters. The van der Waals surface area contributed by atoms with Crippen molar-refractivity contribution in [1.29, 1.82) is 5.26 Å². The molecule has 2 heterocycles. The van der Waals surface area contributed by atoms with Crippen LogP contribution in [0.5, 0.6) is 5.88 Å². The second-order valence-corrected chi connectivity index (χ2v) is 6.82. The smallest absolute Gasteiger partial charge is 0.328 e. The number of nitrogens with one attached hydrogen (secondary N) is 1. The van der Waals surface area contributed by atoms with Crippen molar-refractivity contribution >= 4 is 34.1 Å². The van der Waals surface area contributed by atoms with Gasteiger partial charge in [-0.1, -0.05) is 42.2 Å². The van der Waals surface area contributed by atoms with E-state index in [1.807, 2.05) is 24.3 Å². The Bertz CT molecular complexity index is 914. The molecule has 1 N–H and O–H groups in total. The van der Waals surface area contributed by atoms with Crippen LogP contribution in [-0.2, 0) is 9.53 Å². The molecule has 0 spiro atoms. The number of fused-ring (bicyclic) bond motifs is 1. The molecule has 0 saturated carbocycles. The third-order valence-corrected chi connectivity index (χ3v) is 4.99. The molecule has 1 aromatic heterocycles. The number of hydrogen-bond donors (Lipinski definition) is 1. The average molecular weight is 375 g/mol. The first-order valence-electron chi connectivity index (χ1n) is 7.41. The monoisotopic (exact) mass is 375 g/mol. The van der Waals surface area contributed by atoms with E-state index in [-0.39, 0.29) is 27.8 Å². The van der Waals surface area contributed by atoms with Crippen molar-refractivity contribution < 1.29 is 14.3 Å². The first-order chi connectivity index (χ1) is 12.1. The molecule has 0 saturated heterocycles. The highest BCUT2D eigenvalue weighted by atomic mass is 32.2. The molecule has 0 fully saturated rings. The van der Waals surface area contributed by atoms with E-state index in [2.05, 4.69) is 5.10 Å². The van der Waals surface area contributed by atoms with Crippen LogP contribution < -0.4 is 10.3 Å². The van der Waals surface area contributed by atoms with Gasteiger partial charge >= 0.3 is 5.97 Å². The Morgan fingerprint density at radius 1 is 1.52 bits per heavy atom. The number of thiocarbonyl (C=S) groups is 1. The van der Waals surface area contributed by atoms with E-state index in [0.29, 0.717) is 5.69 Å². The summed E-state index contributed by atoms with van der Waals surface area (Å²) < 4.78 is 12.5. The quantitative estimate of drug-likeness (QED) is 0.645. The van der Waals surface area contributed by atoms with Gasteiger partial charge in [0, 0.05) is 0 Å². The van der Waals surface area contributed by atoms with Crippen LogP contribution in [0.4, 0.5) is 0 Å². The largest absolute Gasteiger partial charge is 0.465 e. The normalized spacial score (nSPS) is 17.1. The molecule has 9 heteroatoms. The summed E-state index contributed by atoms with van der Waals surface area (Å²) in [6, 6.07) is 10.9. The molecule has 2 atom stereocenters. The zero-order valence-electron chi connectivity index (χ0n) is 13.1. The Kier molecular flexibility index (Phi) is 4.92. The second-order valence-electron chi connectivity index (χ2n) is 5.04. The van der Waals surface area contributed by atoms with Crippen LogP contribution in [0.25, 0.3) is 5.69 Å². The topological polar surface area (TPSA) is 97.1 Å². The lowest BCUT2D eigenvalue weighted by Gasteiger charge is -2.26. The minimum absolute atomic E-state index is 0.156. The van der Waals surface area contributed by atoms with Gasteiger partial charge < -0.3 is 9.47 Å². The lowest BCUT2D eigenvalue weighted by molar-refractivity contribution is -0.147. The zero-order chi connectivity index (χ0) is 18.0. The lowest BCUT2D eigenvalue weighted by atomic mass is 10.2. The highest BCUT2D eigenvalue weighted by Crippen LogP contribution is 2.37. The van der Waals surface area contributed by atoms with E-state index >= 15 is 0 Å². The Balaban J connectivity index is 2.02. The Morgan fingerprint density at radius 2 is 2.24 bits per heavy atom. The number of ether oxygens (including phenoxy) is 2. The second kappa shape index (κ2) is 7.13. The SMILES string of the molecule is CCOC(=O)C(C#N)C1Oc2c(c(=O)[nH]n2-c2ccccc2)C(=S)S1. The Morgan fingerprint density at radius 3 is 2.88 bits per heavy atom. The molecule has 0 bridgehead atoms. The number of carbonyl (C=O) groups is 1. The summed E-state index contributed by atoms with van der Waals surface area (Å²) in [6.45, 7) is 1.81. The average Bonchev–Trinajstić information content (AvgIpc) is 2.94. The third kappa shape index (κ3) is 3.18. The van der Waals surface area contributed by atoms with E-state index in [9.17, 15) is 14.9 Å². The van der Waals surface area contributed by atoms with Gasteiger partial charge in [0.1, 0.15) is 5.56 Å². The van der Waals surface area contributed by atoms with E-state index in [1.165, 1.54) is 4.68 Å². The molecular formula is C16H13N3O4S2. The van der Waals surface area contributed by atoms with Crippen LogP contribution in [0.2, 0.25) is 0 Å². The number of para-hydroxylation sites is 1. The predicted molar refractivity (Wildman–Crippen MR) is 95.8 cm³/mol. The molecule has 1 aromatic carbocycles. The summed E-state index contributed by atoms with van der Waals surface area (Å²) >= 11 is 6.29. The van der Waals surface area contributed by atoms with Crippen molar-refractivity contribution in [3.63, 3.8) is 0 Å². The van der Waals surface area contributed by atoms with Gasteiger partial charge in [0.05, 0.1) is 22.6 Å². The van der Waals surface area contributed by atoms with Crippen LogP contribution in [0, 0.1) is 17.2 Å². The summed E-state index contributed by atoms with van der Waals surface area (Å²) in [7, 11) is 0. The molecule has 1 aliphatic heterocycles. The number of aromatic amines is 1. The number of hydrogen-bond acceptors (Lipinski definition) is 7. The van der Waals surface area contributed by atoms with Gasteiger partial charge in [-0.3, -0.25) is 14.7 Å². The van der Waals surface area contributed by atoms with Crippen molar-refractivity contribution in [3.05, 3.63) is 46.2 Å². The molecular weight excluding hydrogens is 362 g/mol. The van der Waals surface area contributed by atoms with Crippen LogP contribution in [0.1, 0.15) is 12.5 Å². The van der Waals surface area contributed by atoms with Gasteiger partial charge in [0.2, 0.25) is 5.88 Å². The molecule has 0 radical (unpaired) electrons. The highest BCUT2D eigenvalue weighted by Gasteiger charge is 2.40. The van der Waals surface area contributed by atoms with Gasteiger partial charge in [-0.15, -0.1) is 0 Å². The fraction of sp³-hybridized carbons (Fsp3) is 0.250. The van der Waals surface area contributed by atoms with E-state index in [1.54, 1.807) is 19.1 Å². The van der Waals surface area contributed by atoms with Gasteiger partial charge in [-0.25, -0.2) is 4.68 Å². The molecule has 0 amide bonds. The van der Waals surface area contributed by atoms with Gasteiger partial charge in [0.25, 0.3) is 5.56 Å². The van der Waals surface area contributed by atoms with Crippen molar-refractivity contribution in [3.8, 4) is 17.6 Å². The predicted octanol–water partition coefficient (Wildman–Crippen LogP) is 2.00. The summed E-state index contributed by atoms with van der Waals surface area (Å²) in [4.78, 5) is 24.2. The maximum absolute atomic E-state index is 12.2. The van der Waals surface area contributed by atoms with Gasteiger partial charge in [-0.2, -0.15) is 5.26 Å². The van der Waals surface area contributed by atoms with Crippen LogP contribution in [-0.4, -0.2) is 32.0 Å². The Hall–Kier alpha value is -2.57. The van der Waals surface area contributed by atoms with E-state index in [4.69, 9.17) is 21.7 Å². The highest BCUT2D eigenvalue weighted by molar-refractivity contribution is 8.24. The summed E-state index contributed by atoms with van der Waals surface area (Å²) in [6.07, 6.45) is 0. The van der Waals surface area contributed by atoms with Crippen LogP contribution in [0.15, 0.2) is 35.1 Å². The fourth-order valence-electron chi connectivity index (χ4n) is 2.36. The number of carbonyl (C=O) groups excluding carboxylic acids is 1. The number of rotatable bonds is 4. The van der Waals surface area contributed by atoms with Gasteiger partial charge in [-0.05, 0) is 19.1 Å². The molecule has 3 rings (SSSR count). The minimum atomic E-state index is -1.16. The Labute approximate surface area is 152 Å². The third-order valence-electron chi connectivity index (χ3n) is 3.48. The maximum atomic E-state index is 12.2. The van der Waals surface area contributed by atoms with Crippen LogP contribution >= 0.6 is 24.0 Å². The first kappa shape index (κ1) is 17.3. The lowest BCUT2D eigenvalue weighted by Crippen LogP contribution is -2.35. The number of thioether (sulfide) groups is 1. The first-order valence-corrected chi connectivity index (χ1v) is 8.70. The van der Waals surface area contributed by atoms with Crippen LogP contribution in [0.3, 0.4) is 0 Å². The van der Waals surface area contributed by atoms with E-state index < -0.39 is 17.3 Å². The standard InChI is InChI=1S/C16H13N3O4S2/c1-2-22-14(21)10(8-17)15-23-13-11(16(24)25-15)12(20)18-19(13)9-6-4-3-5-7-9/h3-7,10,15H,2H2,1H3,(H,18,20). The number of aromatic nitrogens is 2. The number of nitrogens with zero attached hydrogens (tertiary/aromatic N) is 2. The number of H-pyrrole nitrogens is 1. The fourth-order valence-corrected chi connectivity index (χ4v) is 3.78. The molecule has 128 valence electrons. The molecule has 7 nitrogen and oxygen atoms in total. The van der Waals surface area contributed by atoms with Crippen molar-refractivity contribution in [2.45, 2.75) is 12.4 Å². The molecule has 0 aliphatic carbocycles. The van der Waals surface area contributed by atoms with Gasteiger partial charge in [0.15, 0.2) is 11.4 Å². The summed E-state index contributed by atoms with van der Waals surface area (Å²) in [5.41, 5.74) is -0.395. The molecule has 25 heavy (non-hydrogen) atoms. The van der Waals surface area contributed by atoms with Crippen molar-refractivity contribution in [2.75, 3.05) is 6.61 Å². The number of nitriles is 1. The molecule has 1 aliphatic rings. The van der Waals surface area contributed by atoms with Crippen molar-refractivity contribution in [2.24, 2.45) is 5.92 Å². The number of esters is 1. The van der Waals surface area contributed by atoms with E-state index in [0.717, 1.165) is 11.8 Å². The number of benzene rings is 1. The van der Waals surface area contributed by atoms with Crippen molar-refractivity contribution in [1.82, 2.24) is 9.78 Å². The summed E-state index contributed by atoms with van der Waals surface area (Å²) in [5, 5.41) is 12.0. The maximum Gasteiger partial charge on any atom is 0.328 e. The zero-order valence-corrected chi connectivity index (χ0v) is 14.7.